The van der Waals surface area contributed by atoms with Crippen molar-refractivity contribution in [3.8, 4) is 6.07 Å². The van der Waals surface area contributed by atoms with Crippen LogP contribution in [0.15, 0.2) is 0 Å². The van der Waals surface area contributed by atoms with Crippen LogP contribution < -0.4 is 0 Å². The van der Waals surface area contributed by atoms with E-state index in [4.69, 9.17) is 16.9 Å². The third-order valence-electron chi connectivity index (χ3n) is 2.89. The number of nitrogens with zero attached hydrogens (tertiary/aromatic N) is 3. The Morgan fingerprint density at radius 2 is 2.29 bits per heavy atom. The van der Waals surface area contributed by atoms with Gasteiger partial charge in [0, 0.05) is 32.2 Å². The highest BCUT2D eigenvalue weighted by Gasteiger charge is 2.23. The van der Waals surface area contributed by atoms with Gasteiger partial charge >= 0.3 is 0 Å². The maximum atomic E-state index is 8.62. The van der Waals surface area contributed by atoms with E-state index in [9.17, 15) is 0 Å². The van der Waals surface area contributed by atoms with Crippen LogP contribution in [0.25, 0.3) is 0 Å². The van der Waals surface area contributed by atoms with Crippen molar-refractivity contribution in [2.75, 3.05) is 33.2 Å². The smallest absolute Gasteiger partial charge is 0.133 e. The lowest BCUT2D eigenvalue weighted by atomic mass is 10.1. The quantitative estimate of drug-likeness (QED) is 0.662. The van der Waals surface area contributed by atoms with E-state index in [-0.39, 0.29) is 5.38 Å². The molecule has 0 amide bonds. The third kappa shape index (κ3) is 3.13. The monoisotopic (exact) mass is 215 g/mol. The Bertz CT molecular complexity index is 214. The van der Waals surface area contributed by atoms with Crippen molar-refractivity contribution in [2.24, 2.45) is 0 Å². The van der Waals surface area contributed by atoms with Gasteiger partial charge in [0.15, 0.2) is 0 Å². The Morgan fingerprint density at radius 3 is 2.86 bits per heavy atom. The van der Waals surface area contributed by atoms with Gasteiger partial charge in [-0.3, -0.25) is 4.90 Å². The van der Waals surface area contributed by atoms with Crippen LogP contribution in [0.1, 0.15) is 13.3 Å². The first-order chi connectivity index (χ1) is 6.67. The van der Waals surface area contributed by atoms with Crippen LogP contribution in [-0.2, 0) is 0 Å². The Labute approximate surface area is 91.2 Å². The third-order valence-corrected chi connectivity index (χ3v) is 3.13. The van der Waals surface area contributed by atoms with Crippen molar-refractivity contribution < 1.29 is 0 Å². The standard InChI is InChI=1S/C10H18ClN3/c1-3-10-8-14(5-4-13(10)2)7-9(11)6-12/h9-10H,3-5,7-8H2,1-2H3. The first kappa shape index (κ1) is 11.8. The predicted molar refractivity (Wildman–Crippen MR) is 58.4 cm³/mol. The fourth-order valence-electron chi connectivity index (χ4n) is 1.88. The van der Waals surface area contributed by atoms with Gasteiger partial charge in [-0.2, -0.15) is 5.26 Å². The molecule has 1 saturated heterocycles. The number of hydrogen-bond donors (Lipinski definition) is 0. The molecule has 2 unspecified atom stereocenters. The van der Waals surface area contributed by atoms with E-state index < -0.39 is 0 Å². The largest absolute Gasteiger partial charge is 0.301 e. The summed E-state index contributed by atoms with van der Waals surface area (Å²) in [4.78, 5) is 4.67. The summed E-state index contributed by atoms with van der Waals surface area (Å²) >= 11 is 5.81. The molecule has 0 aliphatic carbocycles. The maximum absolute atomic E-state index is 8.62. The molecule has 1 aliphatic heterocycles. The highest BCUT2D eigenvalue weighted by atomic mass is 35.5. The van der Waals surface area contributed by atoms with Gasteiger partial charge < -0.3 is 4.90 Å². The van der Waals surface area contributed by atoms with Crippen molar-refractivity contribution in [3.63, 3.8) is 0 Å². The number of alkyl halides is 1. The number of piperazine rings is 1. The van der Waals surface area contributed by atoms with Crippen molar-refractivity contribution in [2.45, 2.75) is 24.8 Å². The van der Waals surface area contributed by atoms with Crippen LogP contribution in [-0.4, -0.2) is 54.4 Å². The second-order valence-corrected chi connectivity index (χ2v) is 4.43. The topological polar surface area (TPSA) is 30.3 Å². The normalized spacial score (nSPS) is 27.1. The Balaban J connectivity index is 2.39. The van der Waals surface area contributed by atoms with E-state index in [2.05, 4.69) is 29.8 Å². The van der Waals surface area contributed by atoms with E-state index in [0.29, 0.717) is 12.6 Å². The Morgan fingerprint density at radius 1 is 1.57 bits per heavy atom. The number of likely N-dealkylation sites (N-methyl/N-ethyl adjacent to an activating group) is 1. The van der Waals surface area contributed by atoms with Crippen LogP contribution in [0.2, 0.25) is 0 Å². The molecule has 14 heavy (non-hydrogen) atoms. The molecule has 80 valence electrons. The number of nitriles is 1. The average molecular weight is 216 g/mol. The minimum absolute atomic E-state index is 0.365. The van der Waals surface area contributed by atoms with Crippen LogP contribution in [0.3, 0.4) is 0 Å². The molecule has 0 N–H and O–H groups in total. The number of rotatable bonds is 3. The summed E-state index contributed by atoms with van der Waals surface area (Å²) in [5.74, 6) is 0. The minimum Gasteiger partial charge on any atom is -0.301 e. The molecule has 1 rings (SSSR count). The van der Waals surface area contributed by atoms with Gasteiger partial charge in [-0.15, -0.1) is 11.6 Å². The molecule has 1 heterocycles. The molecule has 2 atom stereocenters. The van der Waals surface area contributed by atoms with Crippen LogP contribution in [0, 0.1) is 11.3 Å². The van der Waals surface area contributed by atoms with E-state index >= 15 is 0 Å². The van der Waals surface area contributed by atoms with E-state index in [1.54, 1.807) is 0 Å². The summed E-state index contributed by atoms with van der Waals surface area (Å²) in [5.41, 5.74) is 0. The summed E-state index contributed by atoms with van der Waals surface area (Å²) in [7, 11) is 2.16. The molecule has 0 saturated carbocycles. The summed E-state index contributed by atoms with van der Waals surface area (Å²) in [5, 5.41) is 8.26. The average Bonchev–Trinajstić information content (AvgIpc) is 2.20. The molecular formula is C10H18ClN3. The molecule has 0 radical (unpaired) electrons. The lowest BCUT2D eigenvalue weighted by molar-refractivity contribution is 0.0955. The molecule has 4 heteroatoms. The fourth-order valence-corrected chi connectivity index (χ4v) is 2.08. The molecule has 0 aromatic rings. The summed E-state index contributed by atoms with van der Waals surface area (Å²) in [6.45, 7) is 6.04. The summed E-state index contributed by atoms with van der Waals surface area (Å²) < 4.78 is 0. The van der Waals surface area contributed by atoms with E-state index in [1.165, 1.54) is 0 Å². The Hall–Kier alpha value is -0.300. The first-order valence-electron chi connectivity index (χ1n) is 5.13. The molecule has 0 aromatic heterocycles. The van der Waals surface area contributed by atoms with Crippen molar-refractivity contribution in [1.29, 1.82) is 5.26 Å². The zero-order chi connectivity index (χ0) is 10.6. The molecule has 0 bridgehead atoms. The summed E-state index contributed by atoms with van der Waals surface area (Å²) in [6, 6.07) is 2.68. The molecular weight excluding hydrogens is 198 g/mol. The number of halogens is 1. The van der Waals surface area contributed by atoms with Crippen LogP contribution in [0.5, 0.6) is 0 Å². The van der Waals surface area contributed by atoms with Crippen molar-refractivity contribution >= 4 is 11.6 Å². The van der Waals surface area contributed by atoms with E-state index in [1.807, 2.05) is 0 Å². The SMILES string of the molecule is CCC1CN(CC(Cl)C#N)CCN1C. The van der Waals surface area contributed by atoms with Gasteiger partial charge in [-0.05, 0) is 13.5 Å². The van der Waals surface area contributed by atoms with Gasteiger partial charge in [0.1, 0.15) is 5.38 Å². The first-order valence-corrected chi connectivity index (χ1v) is 5.57. The highest BCUT2D eigenvalue weighted by Crippen LogP contribution is 2.11. The molecule has 0 aromatic carbocycles. The van der Waals surface area contributed by atoms with E-state index in [0.717, 1.165) is 26.1 Å². The maximum Gasteiger partial charge on any atom is 0.133 e. The highest BCUT2D eigenvalue weighted by molar-refractivity contribution is 6.22. The molecule has 1 fully saturated rings. The lowest BCUT2D eigenvalue weighted by Crippen LogP contribution is -2.52. The second-order valence-electron chi connectivity index (χ2n) is 3.90. The molecule has 3 nitrogen and oxygen atoms in total. The predicted octanol–water partition coefficient (Wildman–Crippen LogP) is 1.14. The number of hydrogen-bond acceptors (Lipinski definition) is 3. The van der Waals surface area contributed by atoms with Gasteiger partial charge in [0.05, 0.1) is 6.07 Å². The lowest BCUT2D eigenvalue weighted by Gasteiger charge is -2.39. The molecule has 1 aliphatic rings. The van der Waals surface area contributed by atoms with Gasteiger partial charge in [-0.1, -0.05) is 6.92 Å². The fraction of sp³-hybridized carbons (Fsp3) is 0.900. The van der Waals surface area contributed by atoms with Crippen LogP contribution >= 0.6 is 11.6 Å². The Kier molecular flexibility index (Phi) is 4.67. The minimum atomic E-state index is -0.365. The molecule has 0 spiro atoms. The van der Waals surface area contributed by atoms with Gasteiger partial charge in [0.2, 0.25) is 0 Å². The zero-order valence-corrected chi connectivity index (χ0v) is 9.67. The van der Waals surface area contributed by atoms with Crippen molar-refractivity contribution in [3.05, 3.63) is 0 Å². The van der Waals surface area contributed by atoms with Gasteiger partial charge in [-0.25, -0.2) is 0 Å². The van der Waals surface area contributed by atoms with Crippen LogP contribution in [0.4, 0.5) is 0 Å². The van der Waals surface area contributed by atoms with Crippen molar-refractivity contribution in [1.82, 2.24) is 9.80 Å². The zero-order valence-electron chi connectivity index (χ0n) is 8.91. The van der Waals surface area contributed by atoms with Gasteiger partial charge in [0.25, 0.3) is 0 Å². The second kappa shape index (κ2) is 5.55. The summed E-state index contributed by atoms with van der Waals surface area (Å²) in [6.07, 6.45) is 1.16.